The van der Waals surface area contributed by atoms with Crippen molar-refractivity contribution >= 4 is 34.7 Å². The SMILES string of the molecule is O=C(Nc1cc(-c2cn3ncccc3n2)cc2c1C(c1cc(F)ccc1Cl)NC2=O)c1cc(F)cc(C(F)(F)F)c1. The molecule has 5 aromatic rings. The highest BCUT2D eigenvalue weighted by atomic mass is 35.5. The smallest absolute Gasteiger partial charge is 0.341 e. The van der Waals surface area contributed by atoms with Crippen LogP contribution >= 0.6 is 11.6 Å². The lowest BCUT2D eigenvalue weighted by molar-refractivity contribution is -0.137. The van der Waals surface area contributed by atoms with Gasteiger partial charge in [-0.15, -0.1) is 0 Å². The predicted molar refractivity (Wildman–Crippen MR) is 138 cm³/mol. The number of amides is 2. The van der Waals surface area contributed by atoms with Crippen LogP contribution in [-0.2, 0) is 6.18 Å². The molecule has 2 aromatic heterocycles. The Morgan fingerprint density at radius 2 is 1.83 bits per heavy atom. The lowest BCUT2D eigenvalue weighted by Gasteiger charge is -2.19. The summed E-state index contributed by atoms with van der Waals surface area (Å²) in [5.74, 6) is -3.54. The van der Waals surface area contributed by atoms with Gasteiger partial charge < -0.3 is 10.6 Å². The van der Waals surface area contributed by atoms with E-state index in [0.717, 1.165) is 12.1 Å². The van der Waals surface area contributed by atoms with Gasteiger partial charge in [-0.2, -0.15) is 18.3 Å². The molecule has 0 saturated heterocycles. The molecule has 1 aliphatic rings. The molecule has 6 rings (SSSR count). The summed E-state index contributed by atoms with van der Waals surface area (Å²) in [6, 6.07) is 10.3. The zero-order valence-corrected chi connectivity index (χ0v) is 21.2. The lowest BCUT2D eigenvalue weighted by Crippen LogP contribution is -2.21. The third kappa shape index (κ3) is 4.86. The Morgan fingerprint density at radius 3 is 2.59 bits per heavy atom. The topological polar surface area (TPSA) is 88.4 Å². The van der Waals surface area contributed by atoms with Gasteiger partial charge in [-0.05, 0) is 60.7 Å². The highest BCUT2D eigenvalue weighted by Crippen LogP contribution is 2.42. The van der Waals surface area contributed by atoms with Crippen LogP contribution < -0.4 is 10.6 Å². The number of hydrogen-bond donors (Lipinski definition) is 2. The van der Waals surface area contributed by atoms with Crippen LogP contribution in [0.15, 0.2) is 73.1 Å². The minimum atomic E-state index is -4.90. The van der Waals surface area contributed by atoms with Gasteiger partial charge in [0.15, 0.2) is 5.65 Å². The van der Waals surface area contributed by atoms with Gasteiger partial charge in [0.05, 0.1) is 23.5 Å². The molecule has 0 spiro atoms. The number of imidazole rings is 1. The summed E-state index contributed by atoms with van der Waals surface area (Å²) in [7, 11) is 0. The van der Waals surface area contributed by atoms with Crippen LogP contribution in [0.25, 0.3) is 16.9 Å². The van der Waals surface area contributed by atoms with Gasteiger partial charge in [0, 0.05) is 44.7 Å². The van der Waals surface area contributed by atoms with Crippen molar-refractivity contribution < 1.29 is 31.5 Å². The van der Waals surface area contributed by atoms with Crippen LogP contribution in [0.3, 0.4) is 0 Å². The molecular weight excluding hydrogens is 569 g/mol. The van der Waals surface area contributed by atoms with Crippen molar-refractivity contribution in [3.63, 3.8) is 0 Å². The Hall–Kier alpha value is -4.84. The number of carbonyl (C=O) groups is 2. The van der Waals surface area contributed by atoms with Crippen molar-refractivity contribution in [3.05, 3.63) is 118 Å². The maximum absolute atomic E-state index is 14.2. The first kappa shape index (κ1) is 26.4. The highest BCUT2D eigenvalue weighted by Gasteiger charge is 2.36. The molecule has 3 heterocycles. The standard InChI is InChI=1S/C28H15ClF5N5O2/c29-20-4-3-16(30)11-18(20)25-24-19(27(41)38-25)8-13(22-12-39-23(36-22)2-1-5-35-39)9-21(24)37-26(40)14-6-15(28(32,33)34)10-17(31)7-14/h1-12,25H,(H,37,40)(H,38,41). The number of rotatable bonds is 4. The Kier molecular flexibility index (Phi) is 6.22. The zero-order valence-electron chi connectivity index (χ0n) is 20.4. The number of alkyl halides is 3. The molecule has 0 radical (unpaired) electrons. The van der Waals surface area contributed by atoms with E-state index < -0.39 is 46.8 Å². The van der Waals surface area contributed by atoms with Crippen molar-refractivity contribution in [2.75, 3.05) is 5.32 Å². The number of hydrogen-bond acceptors (Lipinski definition) is 4. The number of carbonyl (C=O) groups excluding carboxylic acids is 2. The molecule has 3 aromatic carbocycles. The van der Waals surface area contributed by atoms with E-state index in [1.807, 2.05) is 0 Å². The molecule has 1 atom stereocenters. The van der Waals surface area contributed by atoms with Gasteiger partial charge in [0.2, 0.25) is 0 Å². The number of nitrogens with one attached hydrogen (secondary N) is 2. The van der Waals surface area contributed by atoms with Crippen LogP contribution in [0.2, 0.25) is 5.02 Å². The second-order valence-corrected chi connectivity index (χ2v) is 9.60. The molecule has 0 bridgehead atoms. The van der Waals surface area contributed by atoms with E-state index in [0.29, 0.717) is 29.0 Å². The fourth-order valence-corrected chi connectivity index (χ4v) is 4.93. The summed E-state index contributed by atoms with van der Waals surface area (Å²) in [6.45, 7) is 0. The minimum absolute atomic E-state index is 0.00554. The van der Waals surface area contributed by atoms with Gasteiger partial charge in [-0.25, -0.2) is 18.3 Å². The van der Waals surface area contributed by atoms with Crippen molar-refractivity contribution in [1.29, 1.82) is 0 Å². The third-order valence-corrected chi connectivity index (χ3v) is 6.87. The second-order valence-electron chi connectivity index (χ2n) is 9.19. The zero-order chi connectivity index (χ0) is 29.1. The van der Waals surface area contributed by atoms with Gasteiger partial charge in [-0.1, -0.05) is 11.6 Å². The van der Waals surface area contributed by atoms with E-state index in [1.165, 1.54) is 22.7 Å². The minimum Gasteiger partial charge on any atom is -0.341 e. The molecule has 0 saturated carbocycles. The van der Waals surface area contributed by atoms with Crippen LogP contribution in [-0.4, -0.2) is 26.4 Å². The molecule has 1 aliphatic heterocycles. The maximum Gasteiger partial charge on any atom is 0.416 e. The first-order chi connectivity index (χ1) is 19.5. The first-order valence-corrected chi connectivity index (χ1v) is 12.3. The Balaban J connectivity index is 1.51. The molecule has 0 aliphatic carbocycles. The Labute approximate surface area is 232 Å². The molecule has 2 N–H and O–H groups in total. The number of aromatic nitrogens is 3. The van der Waals surface area contributed by atoms with Crippen LogP contribution in [0, 0.1) is 11.6 Å². The number of anilines is 1. The number of halogens is 6. The fraction of sp³-hybridized carbons (Fsp3) is 0.0714. The molecule has 1 unspecified atom stereocenters. The van der Waals surface area contributed by atoms with Gasteiger partial charge in [0.1, 0.15) is 11.6 Å². The maximum atomic E-state index is 14.2. The summed E-state index contributed by atoms with van der Waals surface area (Å²) in [6.07, 6.45) is -1.77. The van der Waals surface area contributed by atoms with E-state index in [9.17, 15) is 31.5 Å². The van der Waals surface area contributed by atoms with Crippen LogP contribution in [0.1, 0.15) is 43.4 Å². The summed E-state index contributed by atoms with van der Waals surface area (Å²) in [4.78, 5) is 30.8. The normalized spacial score (nSPS) is 14.7. The number of nitrogens with zero attached hydrogens (tertiary/aromatic N) is 3. The van der Waals surface area contributed by atoms with E-state index >= 15 is 0 Å². The molecule has 13 heteroatoms. The molecule has 41 heavy (non-hydrogen) atoms. The van der Waals surface area contributed by atoms with E-state index in [-0.39, 0.29) is 33.5 Å². The fourth-order valence-electron chi connectivity index (χ4n) is 4.70. The van der Waals surface area contributed by atoms with Gasteiger partial charge >= 0.3 is 6.18 Å². The highest BCUT2D eigenvalue weighted by molar-refractivity contribution is 6.31. The average molecular weight is 584 g/mol. The molecular formula is C28H15ClF5N5O2. The van der Waals surface area contributed by atoms with Gasteiger partial charge in [0.25, 0.3) is 11.8 Å². The van der Waals surface area contributed by atoms with E-state index in [2.05, 4.69) is 20.7 Å². The first-order valence-electron chi connectivity index (χ1n) is 11.9. The van der Waals surface area contributed by atoms with Crippen LogP contribution in [0.5, 0.6) is 0 Å². The van der Waals surface area contributed by atoms with Crippen molar-refractivity contribution in [2.45, 2.75) is 12.2 Å². The molecule has 206 valence electrons. The summed E-state index contributed by atoms with van der Waals surface area (Å²) in [5, 5.41) is 9.50. The molecule has 7 nitrogen and oxygen atoms in total. The average Bonchev–Trinajstić information content (AvgIpc) is 3.50. The predicted octanol–water partition coefficient (Wildman–Crippen LogP) is 6.43. The number of benzene rings is 3. The van der Waals surface area contributed by atoms with Crippen LogP contribution in [0.4, 0.5) is 27.6 Å². The largest absolute Gasteiger partial charge is 0.416 e. The van der Waals surface area contributed by atoms with Crippen molar-refractivity contribution in [2.24, 2.45) is 0 Å². The Bertz CT molecular complexity index is 1860. The van der Waals surface area contributed by atoms with Crippen molar-refractivity contribution in [3.8, 4) is 11.3 Å². The van der Waals surface area contributed by atoms with E-state index in [1.54, 1.807) is 24.5 Å². The lowest BCUT2D eigenvalue weighted by atomic mass is 9.93. The summed E-state index contributed by atoms with van der Waals surface area (Å²) >= 11 is 6.32. The third-order valence-electron chi connectivity index (χ3n) is 6.53. The number of fused-ring (bicyclic) bond motifs is 2. The summed E-state index contributed by atoms with van der Waals surface area (Å²) in [5.41, 5.74) is -0.281. The Morgan fingerprint density at radius 1 is 1.02 bits per heavy atom. The quantitative estimate of drug-likeness (QED) is 0.239. The monoisotopic (exact) mass is 583 g/mol. The van der Waals surface area contributed by atoms with Gasteiger partial charge in [-0.3, -0.25) is 9.59 Å². The van der Waals surface area contributed by atoms with E-state index in [4.69, 9.17) is 11.6 Å². The van der Waals surface area contributed by atoms with Crippen molar-refractivity contribution in [1.82, 2.24) is 19.9 Å². The summed E-state index contributed by atoms with van der Waals surface area (Å²) < 4.78 is 69.6. The molecule has 2 amide bonds. The molecule has 0 fully saturated rings. The second kappa shape index (κ2) is 9.66.